The Balaban J connectivity index is 1.50. The van der Waals surface area contributed by atoms with Crippen LogP contribution in [0.3, 0.4) is 0 Å². The van der Waals surface area contributed by atoms with E-state index in [0.29, 0.717) is 61.9 Å². The minimum Gasteiger partial charge on any atom is -0.487 e. The molecule has 0 unspecified atom stereocenters. The fourth-order valence-electron chi connectivity index (χ4n) is 5.68. The third-order valence-corrected chi connectivity index (χ3v) is 7.81. The Morgan fingerprint density at radius 3 is 2.70 bits per heavy atom. The van der Waals surface area contributed by atoms with Crippen LogP contribution in [-0.2, 0) is 29.7 Å². The van der Waals surface area contributed by atoms with E-state index in [4.69, 9.17) is 16.3 Å². The van der Waals surface area contributed by atoms with E-state index < -0.39 is 12.1 Å². The summed E-state index contributed by atoms with van der Waals surface area (Å²) >= 11 is 6.66. The molecule has 11 nitrogen and oxygen atoms in total. The number of carbonyl (C=O) groups excluding carboxylic acids is 3. The van der Waals surface area contributed by atoms with E-state index in [2.05, 4.69) is 15.6 Å². The molecule has 37 heavy (non-hydrogen) atoms. The van der Waals surface area contributed by atoms with Gasteiger partial charge < -0.3 is 24.8 Å². The highest BCUT2D eigenvalue weighted by molar-refractivity contribution is 6.31. The Morgan fingerprint density at radius 2 is 2.00 bits per heavy atom. The highest BCUT2D eigenvalue weighted by Crippen LogP contribution is 2.42. The minimum absolute atomic E-state index is 0.0800. The fraction of sp³-hybridized carbons (Fsp3) is 0.560. The highest BCUT2D eigenvalue weighted by atomic mass is 35.5. The van der Waals surface area contributed by atoms with Crippen LogP contribution in [0.1, 0.15) is 48.5 Å². The smallest absolute Gasteiger partial charge is 0.317 e. The molecule has 1 aromatic carbocycles. The maximum absolute atomic E-state index is 14.0. The van der Waals surface area contributed by atoms with Crippen molar-refractivity contribution < 1.29 is 19.1 Å². The van der Waals surface area contributed by atoms with Gasteiger partial charge >= 0.3 is 6.03 Å². The van der Waals surface area contributed by atoms with Gasteiger partial charge in [0.25, 0.3) is 0 Å². The molecular formula is C25H32ClN7O4. The summed E-state index contributed by atoms with van der Waals surface area (Å²) in [5.41, 5.74) is 2.42. The zero-order chi connectivity index (χ0) is 26.1. The van der Waals surface area contributed by atoms with Crippen LogP contribution in [0, 0.1) is 0 Å². The van der Waals surface area contributed by atoms with Crippen molar-refractivity contribution in [1.29, 1.82) is 0 Å². The van der Waals surface area contributed by atoms with Crippen LogP contribution in [0.4, 0.5) is 4.79 Å². The molecule has 4 amide bonds. The summed E-state index contributed by atoms with van der Waals surface area (Å²) < 4.78 is 7.83. The Bertz CT molecular complexity index is 1200. The lowest BCUT2D eigenvalue weighted by Gasteiger charge is -2.42. The van der Waals surface area contributed by atoms with E-state index in [-0.39, 0.29) is 24.5 Å². The third-order valence-electron chi connectivity index (χ3n) is 7.46. The highest BCUT2D eigenvalue weighted by Gasteiger charge is 2.43. The number of benzene rings is 1. The molecule has 3 aliphatic heterocycles. The van der Waals surface area contributed by atoms with Gasteiger partial charge in [0, 0.05) is 57.3 Å². The number of aryl methyl sites for hydroxylation is 1. The molecule has 0 aliphatic carbocycles. The molecule has 198 valence electrons. The van der Waals surface area contributed by atoms with Gasteiger partial charge in [0.1, 0.15) is 24.1 Å². The van der Waals surface area contributed by atoms with Crippen molar-refractivity contribution in [3.8, 4) is 5.75 Å². The van der Waals surface area contributed by atoms with Crippen LogP contribution < -0.4 is 10.1 Å². The molecule has 1 aromatic heterocycles. The number of ether oxygens (including phenoxy) is 1. The SMILES string of the molecule is CNC(=O)N1CCC[C@H]1C(=O)N1CCc2c(Cl)ccc(OCc3cn(C)nn3)c2[C@H]1CN1CCCC1=O. The number of fused-ring (bicyclic) bond motifs is 1. The van der Waals surface area contributed by atoms with Gasteiger partial charge in [-0.25, -0.2) is 4.79 Å². The summed E-state index contributed by atoms with van der Waals surface area (Å²) in [7, 11) is 3.36. The summed E-state index contributed by atoms with van der Waals surface area (Å²) in [6.07, 6.45) is 5.01. The number of halogens is 1. The maximum Gasteiger partial charge on any atom is 0.317 e. The molecule has 0 bridgehead atoms. The topological polar surface area (TPSA) is 113 Å². The lowest BCUT2D eigenvalue weighted by atomic mass is 9.90. The van der Waals surface area contributed by atoms with Crippen molar-refractivity contribution in [1.82, 2.24) is 35.0 Å². The van der Waals surface area contributed by atoms with Crippen molar-refractivity contribution in [2.75, 3.05) is 33.2 Å². The predicted octanol–water partition coefficient (Wildman–Crippen LogP) is 1.90. The van der Waals surface area contributed by atoms with Gasteiger partial charge in [0.05, 0.1) is 12.2 Å². The molecule has 0 radical (unpaired) electrons. The van der Waals surface area contributed by atoms with E-state index in [1.165, 1.54) is 0 Å². The zero-order valence-corrected chi connectivity index (χ0v) is 21.9. The quantitative estimate of drug-likeness (QED) is 0.611. The van der Waals surface area contributed by atoms with E-state index in [9.17, 15) is 14.4 Å². The monoisotopic (exact) mass is 529 g/mol. The van der Waals surface area contributed by atoms with Crippen LogP contribution >= 0.6 is 11.6 Å². The Kier molecular flexibility index (Phi) is 7.23. The number of rotatable bonds is 6. The molecule has 2 fully saturated rings. The Hall–Kier alpha value is -3.34. The number of hydrogen-bond donors (Lipinski definition) is 1. The zero-order valence-electron chi connectivity index (χ0n) is 21.2. The average molecular weight is 530 g/mol. The van der Waals surface area contributed by atoms with Crippen LogP contribution in [0.2, 0.25) is 5.02 Å². The largest absolute Gasteiger partial charge is 0.487 e. The van der Waals surface area contributed by atoms with Gasteiger partial charge in [-0.1, -0.05) is 16.8 Å². The summed E-state index contributed by atoms with van der Waals surface area (Å²) in [4.78, 5) is 44.3. The van der Waals surface area contributed by atoms with E-state index in [1.807, 2.05) is 21.9 Å². The average Bonchev–Trinajstić information content (AvgIpc) is 3.65. The lowest BCUT2D eigenvalue weighted by Crippen LogP contribution is -2.54. The molecule has 3 aliphatic rings. The maximum atomic E-state index is 14.0. The first-order valence-electron chi connectivity index (χ1n) is 12.7. The molecular weight excluding hydrogens is 498 g/mol. The van der Waals surface area contributed by atoms with E-state index >= 15 is 0 Å². The number of nitrogens with one attached hydrogen (secondary N) is 1. The molecule has 0 saturated carbocycles. The normalized spacial score (nSPS) is 21.4. The molecule has 5 rings (SSSR count). The van der Waals surface area contributed by atoms with Crippen molar-refractivity contribution in [3.63, 3.8) is 0 Å². The summed E-state index contributed by atoms with van der Waals surface area (Å²) in [5, 5.41) is 11.3. The fourth-order valence-corrected chi connectivity index (χ4v) is 5.94. The van der Waals surface area contributed by atoms with Gasteiger partial charge in [0.15, 0.2) is 0 Å². The van der Waals surface area contributed by atoms with Crippen LogP contribution in [-0.4, -0.2) is 86.8 Å². The second-order valence-electron chi connectivity index (χ2n) is 9.76. The molecule has 0 spiro atoms. The summed E-state index contributed by atoms with van der Waals surface area (Å²) in [6.45, 7) is 2.19. The molecule has 2 saturated heterocycles. The number of carbonyl (C=O) groups is 3. The van der Waals surface area contributed by atoms with Crippen LogP contribution in [0.25, 0.3) is 0 Å². The van der Waals surface area contributed by atoms with Gasteiger partial charge in [-0.05, 0) is 43.4 Å². The lowest BCUT2D eigenvalue weighted by molar-refractivity contribution is -0.140. The first kappa shape index (κ1) is 25.3. The number of aromatic nitrogens is 3. The first-order chi connectivity index (χ1) is 17.9. The molecule has 12 heteroatoms. The molecule has 2 atom stereocenters. The van der Waals surface area contributed by atoms with Crippen LogP contribution in [0.15, 0.2) is 18.3 Å². The van der Waals surface area contributed by atoms with Crippen molar-refractivity contribution >= 4 is 29.4 Å². The number of likely N-dealkylation sites (tertiary alicyclic amines) is 2. The number of amides is 4. The van der Waals surface area contributed by atoms with Crippen LogP contribution in [0.5, 0.6) is 5.75 Å². The standard InChI is InChI=1S/C25H32ClN7O4/c1-27-25(36)33-11-3-5-19(33)24(35)32-12-9-17-18(26)7-8-21(37-15-16-13-30(2)29-28-16)23(17)20(32)14-31-10-4-6-22(31)34/h7-8,13,19-20H,3-6,9-12,14-15H2,1-2H3,(H,27,36)/t19-,20+/m0/s1. The van der Waals surface area contributed by atoms with E-state index in [1.54, 1.807) is 29.9 Å². The summed E-state index contributed by atoms with van der Waals surface area (Å²) in [6, 6.07) is 2.39. The van der Waals surface area contributed by atoms with Gasteiger partial charge in [-0.2, -0.15) is 0 Å². The third kappa shape index (κ3) is 4.96. The van der Waals surface area contributed by atoms with Crippen molar-refractivity contribution in [3.05, 3.63) is 40.2 Å². The van der Waals surface area contributed by atoms with Crippen molar-refractivity contribution in [2.45, 2.75) is 50.8 Å². The van der Waals surface area contributed by atoms with E-state index in [0.717, 1.165) is 24.0 Å². The molecule has 2 aromatic rings. The minimum atomic E-state index is -0.540. The number of nitrogens with zero attached hydrogens (tertiary/aromatic N) is 6. The Labute approximate surface area is 220 Å². The second kappa shape index (κ2) is 10.6. The van der Waals surface area contributed by atoms with Gasteiger partial charge in [0.2, 0.25) is 11.8 Å². The first-order valence-corrected chi connectivity index (χ1v) is 13.1. The number of hydrogen-bond acceptors (Lipinski definition) is 6. The van der Waals surface area contributed by atoms with Gasteiger partial charge in [-0.3, -0.25) is 14.3 Å². The second-order valence-corrected chi connectivity index (χ2v) is 10.2. The predicted molar refractivity (Wildman–Crippen MR) is 135 cm³/mol. The summed E-state index contributed by atoms with van der Waals surface area (Å²) in [5.74, 6) is 0.577. The van der Waals surface area contributed by atoms with Crippen molar-refractivity contribution in [2.24, 2.45) is 7.05 Å². The number of urea groups is 1. The molecule has 1 N–H and O–H groups in total. The Morgan fingerprint density at radius 1 is 1.16 bits per heavy atom. The molecule has 4 heterocycles. The van der Waals surface area contributed by atoms with Gasteiger partial charge in [-0.15, -0.1) is 5.10 Å².